The molecule has 1 heterocycles. The van der Waals surface area contributed by atoms with Crippen molar-refractivity contribution in [3.05, 3.63) is 59.8 Å². The third kappa shape index (κ3) is 2.78. The molecule has 0 bridgehead atoms. The van der Waals surface area contributed by atoms with Crippen LogP contribution >= 0.6 is 0 Å². The molecule has 5 heteroatoms. The Hall–Kier alpha value is -2.66. The third-order valence-electron chi connectivity index (χ3n) is 3.33. The van der Waals surface area contributed by atoms with E-state index in [9.17, 15) is 4.79 Å². The first-order valence-electron chi connectivity index (χ1n) is 6.71. The van der Waals surface area contributed by atoms with E-state index in [0.717, 1.165) is 22.2 Å². The van der Waals surface area contributed by atoms with Gasteiger partial charge >= 0.3 is 0 Å². The Morgan fingerprint density at radius 2 is 2.00 bits per heavy atom. The molecule has 1 aromatic heterocycles. The minimum atomic E-state index is -0.181. The number of aliphatic hydroxyl groups is 1. The molecule has 2 aromatic carbocycles. The first-order valence-corrected chi connectivity index (χ1v) is 6.71. The van der Waals surface area contributed by atoms with Gasteiger partial charge < -0.3 is 10.4 Å². The van der Waals surface area contributed by atoms with E-state index in [1.54, 1.807) is 12.3 Å². The van der Waals surface area contributed by atoms with Crippen molar-refractivity contribution in [2.24, 2.45) is 0 Å². The van der Waals surface area contributed by atoms with Crippen LogP contribution in [0.4, 0.5) is 5.69 Å². The van der Waals surface area contributed by atoms with Crippen molar-refractivity contribution in [3.8, 4) is 0 Å². The van der Waals surface area contributed by atoms with Crippen LogP contribution < -0.4 is 5.32 Å². The van der Waals surface area contributed by atoms with Crippen LogP contribution in [0.5, 0.6) is 0 Å². The highest BCUT2D eigenvalue weighted by Crippen LogP contribution is 2.18. The van der Waals surface area contributed by atoms with E-state index in [1.807, 2.05) is 36.4 Å². The average molecular weight is 281 g/mol. The number of aromatic amines is 1. The maximum atomic E-state index is 12.3. The van der Waals surface area contributed by atoms with E-state index in [4.69, 9.17) is 5.11 Å². The monoisotopic (exact) mass is 281 g/mol. The summed E-state index contributed by atoms with van der Waals surface area (Å²) in [6, 6.07) is 12.9. The van der Waals surface area contributed by atoms with E-state index in [1.165, 1.54) is 0 Å². The van der Waals surface area contributed by atoms with Crippen molar-refractivity contribution >= 4 is 22.5 Å². The standard InChI is InChI=1S/C16H15N3O2/c20-9-8-11-4-6-13(7-5-11)18-16(21)14-3-1-2-12-10-17-19-15(12)14/h1-7,10,20H,8-9H2,(H,17,19)(H,18,21). The zero-order valence-electron chi connectivity index (χ0n) is 11.3. The number of anilines is 1. The largest absolute Gasteiger partial charge is 0.396 e. The summed E-state index contributed by atoms with van der Waals surface area (Å²) in [6.45, 7) is 0.119. The number of para-hydroxylation sites is 1. The lowest BCUT2D eigenvalue weighted by molar-refractivity contribution is 0.102. The van der Waals surface area contributed by atoms with Crippen LogP contribution in [0.25, 0.3) is 10.9 Å². The molecule has 3 rings (SSSR count). The molecule has 0 fully saturated rings. The number of amides is 1. The van der Waals surface area contributed by atoms with Gasteiger partial charge in [-0.3, -0.25) is 9.89 Å². The topological polar surface area (TPSA) is 78.0 Å². The number of nitrogens with zero attached hydrogens (tertiary/aromatic N) is 1. The summed E-state index contributed by atoms with van der Waals surface area (Å²) in [5.74, 6) is -0.181. The molecule has 0 unspecified atom stereocenters. The highest BCUT2D eigenvalue weighted by Gasteiger charge is 2.11. The molecule has 0 spiro atoms. The second kappa shape index (κ2) is 5.76. The quantitative estimate of drug-likeness (QED) is 0.687. The van der Waals surface area contributed by atoms with Gasteiger partial charge in [-0.05, 0) is 30.2 Å². The maximum Gasteiger partial charge on any atom is 0.257 e. The number of benzene rings is 2. The van der Waals surface area contributed by atoms with Gasteiger partial charge in [0.1, 0.15) is 0 Å². The Morgan fingerprint density at radius 3 is 2.76 bits per heavy atom. The summed E-state index contributed by atoms with van der Waals surface area (Å²) in [5.41, 5.74) is 3.04. The normalized spacial score (nSPS) is 10.7. The zero-order valence-corrected chi connectivity index (χ0v) is 11.3. The van der Waals surface area contributed by atoms with E-state index >= 15 is 0 Å². The molecule has 0 atom stereocenters. The highest BCUT2D eigenvalue weighted by molar-refractivity contribution is 6.11. The fourth-order valence-electron chi connectivity index (χ4n) is 2.24. The summed E-state index contributed by atoms with van der Waals surface area (Å²) in [5, 5.41) is 19.4. The maximum absolute atomic E-state index is 12.3. The Kier molecular flexibility index (Phi) is 3.66. The van der Waals surface area contributed by atoms with E-state index in [-0.39, 0.29) is 12.5 Å². The highest BCUT2D eigenvalue weighted by atomic mass is 16.2. The molecule has 106 valence electrons. The number of hydrogen-bond acceptors (Lipinski definition) is 3. The van der Waals surface area contributed by atoms with Gasteiger partial charge in [-0.15, -0.1) is 0 Å². The molecule has 0 aliphatic heterocycles. The lowest BCUT2D eigenvalue weighted by atomic mass is 10.1. The number of fused-ring (bicyclic) bond motifs is 1. The summed E-state index contributed by atoms with van der Waals surface area (Å²) in [6.07, 6.45) is 2.30. The van der Waals surface area contributed by atoms with Gasteiger partial charge in [0.2, 0.25) is 0 Å². The SMILES string of the molecule is O=C(Nc1ccc(CCO)cc1)c1cccc2cn[nH]c12. The number of carbonyl (C=O) groups excluding carboxylic acids is 1. The van der Waals surface area contributed by atoms with Gasteiger partial charge in [-0.25, -0.2) is 0 Å². The van der Waals surface area contributed by atoms with Crippen molar-refractivity contribution in [2.75, 3.05) is 11.9 Å². The summed E-state index contributed by atoms with van der Waals surface area (Å²) in [7, 11) is 0. The van der Waals surface area contributed by atoms with Gasteiger partial charge in [-0.1, -0.05) is 24.3 Å². The Morgan fingerprint density at radius 1 is 1.19 bits per heavy atom. The van der Waals surface area contributed by atoms with Crippen molar-refractivity contribution in [1.29, 1.82) is 0 Å². The number of H-pyrrole nitrogens is 1. The van der Waals surface area contributed by atoms with Crippen LogP contribution in [-0.4, -0.2) is 27.8 Å². The Labute approximate surface area is 121 Å². The second-order valence-corrected chi connectivity index (χ2v) is 4.76. The van der Waals surface area contributed by atoms with E-state index < -0.39 is 0 Å². The van der Waals surface area contributed by atoms with Gasteiger partial charge in [0.05, 0.1) is 17.3 Å². The van der Waals surface area contributed by atoms with Crippen molar-refractivity contribution in [2.45, 2.75) is 6.42 Å². The van der Waals surface area contributed by atoms with Crippen molar-refractivity contribution in [1.82, 2.24) is 10.2 Å². The second-order valence-electron chi connectivity index (χ2n) is 4.76. The minimum absolute atomic E-state index is 0.119. The van der Waals surface area contributed by atoms with Crippen LogP contribution in [0.15, 0.2) is 48.7 Å². The minimum Gasteiger partial charge on any atom is -0.396 e. The molecule has 21 heavy (non-hydrogen) atoms. The van der Waals surface area contributed by atoms with Crippen molar-refractivity contribution in [3.63, 3.8) is 0 Å². The van der Waals surface area contributed by atoms with Gasteiger partial charge in [-0.2, -0.15) is 5.10 Å². The molecular formula is C16H15N3O2. The molecule has 0 aliphatic carbocycles. The summed E-state index contributed by atoms with van der Waals surface area (Å²) >= 11 is 0. The van der Waals surface area contributed by atoms with Crippen LogP contribution in [-0.2, 0) is 6.42 Å². The number of carbonyl (C=O) groups is 1. The number of aliphatic hydroxyl groups excluding tert-OH is 1. The molecule has 5 nitrogen and oxygen atoms in total. The van der Waals surface area contributed by atoms with Gasteiger partial charge in [0.25, 0.3) is 5.91 Å². The lowest BCUT2D eigenvalue weighted by Gasteiger charge is -2.07. The van der Waals surface area contributed by atoms with Crippen LogP contribution in [0.2, 0.25) is 0 Å². The summed E-state index contributed by atoms with van der Waals surface area (Å²) < 4.78 is 0. The number of rotatable bonds is 4. The molecule has 1 amide bonds. The smallest absolute Gasteiger partial charge is 0.257 e. The molecule has 3 N–H and O–H groups in total. The molecule has 0 aliphatic rings. The number of nitrogens with one attached hydrogen (secondary N) is 2. The Balaban J connectivity index is 1.81. The number of aromatic nitrogens is 2. The van der Waals surface area contributed by atoms with Crippen molar-refractivity contribution < 1.29 is 9.90 Å². The predicted octanol–water partition coefficient (Wildman–Crippen LogP) is 2.35. The first kappa shape index (κ1) is 13.3. The Bertz CT molecular complexity index is 763. The molecule has 0 saturated heterocycles. The molecular weight excluding hydrogens is 266 g/mol. The first-order chi connectivity index (χ1) is 10.3. The van der Waals surface area contributed by atoms with Gasteiger partial charge in [0.15, 0.2) is 0 Å². The average Bonchev–Trinajstić information content (AvgIpc) is 2.98. The molecule has 3 aromatic rings. The molecule has 0 radical (unpaired) electrons. The van der Waals surface area contributed by atoms with Crippen LogP contribution in [0.1, 0.15) is 15.9 Å². The van der Waals surface area contributed by atoms with E-state index in [2.05, 4.69) is 15.5 Å². The zero-order chi connectivity index (χ0) is 14.7. The number of hydrogen-bond donors (Lipinski definition) is 3. The van der Waals surface area contributed by atoms with Gasteiger partial charge in [0, 0.05) is 17.7 Å². The van der Waals surface area contributed by atoms with Crippen LogP contribution in [0, 0.1) is 0 Å². The third-order valence-corrected chi connectivity index (χ3v) is 3.33. The van der Waals surface area contributed by atoms with Crippen LogP contribution in [0.3, 0.4) is 0 Å². The fraction of sp³-hybridized carbons (Fsp3) is 0.125. The lowest BCUT2D eigenvalue weighted by Crippen LogP contribution is -2.12. The molecule has 0 saturated carbocycles. The van der Waals surface area contributed by atoms with E-state index in [0.29, 0.717) is 12.0 Å². The predicted molar refractivity (Wildman–Crippen MR) is 81.3 cm³/mol. The fourth-order valence-corrected chi connectivity index (χ4v) is 2.24. The summed E-state index contributed by atoms with van der Waals surface area (Å²) in [4.78, 5) is 12.3.